The molecule has 13 nitrogen and oxygen atoms in total. The molecule has 3 fully saturated rings. The van der Waals surface area contributed by atoms with E-state index in [1.165, 1.54) is 26.8 Å². The summed E-state index contributed by atoms with van der Waals surface area (Å²) in [5.74, 6) is -5.42. The van der Waals surface area contributed by atoms with Gasteiger partial charge < -0.3 is 38.6 Å². The lowest BCUT2D eigenvalue weighted by Crippen LogP contribution is -2.68. The fourth-order valence-corrected chi connectivity index (χ4v) is 7.48. The van der Waals surface area contributed by atoms with Crippen molar-refractivity contribution < 1.29 is 62.6 Å². The van der Waals surface area contributed by atoms with Crippen LogP contribution in [0.1, 0.15) is 74.7 Å². The summed E-state index contributed by atoms with van der Waals surface area (Å²) in [5.41, 5.74) is -4.55. The molecule has 0 bridgehead atoms. The lowest BCUT2D eigenvalue weighted by molar-refractivity contribution is -0.246. The van der Waals surface area contributed by atoms with Crippen LogP contribution in [0.2, 0.25) is 0 Å². The number of carbonyl (C=O) groups excluding carboxylic acids is 5. The number of aliphatic hydroxyl groups excluding tert-OH is 2. The van der Waals surface area contributed by atoms with Crippen LogP contribution in [0.15, 0.2) is 11.6 Å². The molecule has 2 aliphatic heterocycles. The summed E-state index contributed by atoms with van der Waals surface area (Å²) in [4.78, 5) is 63.6. The van der Waals surface area contributed by atoms with Gasteiger partial charge in [-0.15, -0.1) is 0 Å². The molecule has 2 heterocycles. The second-order valence-electron chi connectivity index (χ2n) is 12.5. The molecule has 2 N–H and O–H groups in total. The van der Waals surface area contributed by atoms with E-state index in [2.05, 4.69) is 0 Å². The molecule has 13 heteroatoms. The van der Waals surface area contributed by atoms with E-state index < -0.39 is 101 Å². The van der Waals surface area contributed by atoms with Crippen molar-refractivity contribution in [3.05, 3.63) is 11.6 Å². The first kappa shape index (κ1) is 32.9. The average molecular weight is 611 g/mol. The Kier molecular flexibility index (Phi) is 8.77. The number of epoxide rings is 1. The minimum Gasteiger partial charge on any atom is -0.462 e. The summed E-state index contributed by atoms with van der Waals surface area (Å²) in [6.45, 7) is 11.6. The van der Waals surface area contributed by atoms with Gasteiger partial charge in [-0.05, 0) is 37.8 Å². The highest BCUT2D eigenvalue weighted by molar-refractivity contribution is 5.89. The predicted molar refractivity (Wildman–Crippen MR) is 145 cm³/mol. The fourth-order valence-electron chi connectivity index (χ4n) is 7.48. The minimum atomic E-state index is -1.72. The third-order valence-electron chi connectivity index (χ3n) is 9.64. The first-order valence-electron chi connectivity index (χ1n) is 14.6. The SMILES string of the molecule is CCCC(=O)OC1/C(C)=C\C2OC(=O)[C@@]3(C)OC23[C@@H](OC(C)=O)C2[C@@H](C)[C@@H](O)CC(OC(C)=O)[C@]2(C)[C@@H](O)[C@H]1OC(C)=O. The summed E-state index contributed by atoms with van der Waals surface area (Å²) in [6, 6.07) is 0. The topological polar surface area (TPSA) is 184 Å². The Balaban J connectivity index is 2.06. The Morgan fingerprint density at radius 3 is 2.14 bits per heavy atom. The molecule has 2 saturated heterocycles. The highest BCUT2D eigenvalue weighted by Gasteiger charge is 2.87. The Morgan fingerprint density at radius 2 is 1.60 bits per heavy atom. The van der Waals surface area contributed by atoms with E-state index in [1.807, 2.05) is 0 Å². The van der Waals surface area contributed by atoms with Crippen LogP contribution < -0.4 is 0 Å². The van der Waals surface area contributed by atoms with E-state index in [9.17, 15) is 34.2 Å². The maximum absolute atomic E-state index is 13.2. The van der Waals surface area contributed by atoms with Crippen LogP contribution in [0.3, 0.4) is 0 Å². The molecule has 0 aromatic heterocycles. The summed E-state index contributed by atoms with van der Waals surface area (Å²) >= 11 is 0. The zero-order chi connectivity index (χ0) is 32.2. The summed E-state index contributed by atoms with van der Waals surface area (Å²) in [7, 11) is 0. The Morgan fingerprint density at radius 1 is 1.00 bits per heavy atom. The molecule has 1 saturated carbocycles. The molecule has 0 aromatic carbocycles. The van der Waals surface area contributed by atoms with Crippen LogP contribution in [-0.4, -0.2) is 94.0 Å². The number of hydrogen-bond donors (Lipinski definition) is 2. The molecule has 240 valence electrons. The van der Waals surface area contributed by atoms with Crippen molar-refractivity contribution in [3.8, 4) is 0 Å². The van der Waals surface area contributed by atoms with Gasteiger partial charge in [0.1, 0.15) is 18.3 Å². The van der Waals surface area contributed by atoms with E-state index in [1.54, 1.807) is 27.7 Å². The van der Waals surface area contributed by atoms with Crippen LogP contribution in [0.25, 0.3) is 0 Å². The van der Waals surface area contributed by atoms with Crippen molar-refractivity contribution in [3.63, 3.8) is 0 Å². The maximum atomic E-state index is 13.2. The molecule has 0 aromatic rings. The minimum absolute atomic E-state index is 0.0317. The first-order chi connectivity index (χ1) is 19.9. The number of hydrogen-bond acceptors (Lipinski definition) is 13. The van der Waals surface area contributed by atoms with Crippen LogP contribution >= 0.6 is 0 Å². The highest BCUT2D eigenvalue weighted by atomic mass is 16.7. The van der Waals surface area contributed by atoms with Crippen LogP contribution in [-0.2, 0) is 52.4 Å². The molecular weight excluding hydrogens is 568 g/mol. The molecule has 43 heavy (non-hydrogen) atoms. The second kappa shape index (κ2) is 11.5. The predicted octanol–water partition coefficient (Wildman–Crippen LogP) is 1.29. The maximum Gasteiger partial charge on any atom is 0.342 e. The van der Waals surface area contributed by atoms with Crippen molar-refractivity contribution in [1.29, 1.82) is 0 Å². The van der Waals surface area contributed by atoms with E-state index >= 15 is 0 Å². The third-order valence-corrected chi connectivity index (χ3v) is 9.64. The quantitative estimate of drug-likeness (QED) is 0.190. The molecule has 1 spiro atoms. The lowest BCUT2D eigenvalue weighted by Gasteiger charge is -2.57. The molecule has 5 unspecified atom stereocenters. The van der Waals surface area contributed by atoms with Crippen LogP contribution in [0.4, 0.5) is 0 Å². The standard InChI is InChI=1S/C30H42O13/c1-9-10-21(35)42-23-13(2)11-20-30(29(8,43-30)27(37)41-20)26(40-17(6)33)22-14(3)18(34)12-19(38-15(4)31)28(22,7)25(36)24(23)39-16(5)32/h11,14,18-20,22-26,34,36H,9-10,12H2,1-8H3/b13-11-/t14-,18-,19?,20?,22?,23?,24-,25-,26-,28-,29+,30?/m0/s1. The van der Waals surface area contributed by atoms with E-state index in [4.69, 9.17) is 28.4 Å². The molecular formula is C30H42O13. The smallest absolute Gasteiger partial charge is 0.342 e. The van der Waals surface area contributed by atoms with Crippen LogP contribution in [0.5, 0.6) is 0 Å². The second-order valence-corrected chi connectivity index (χ2v) is 12.5. The Bertz CT molecular complexity index is 1210. The summed E-state index contributed by atoms with van der Waals surface area (Å²) in [5, 5.41) is 23.6. The monoisotopic (exact) mass is 610 g/mol. The van der Waals surface area contributed by atoms with Crippen LogP contribution in [0, 0.1) is 17.3 Å². The van der Waals surface area contributed by atoms with Crippen molar-refractivity contribution in [1.82, 2.24) is 0 Å². The summed E-state index contributed by atoms with van der Waals surface area (Å²) in [6.07, 6.45) is -7.59. The Labute approximate surface area is 250 Å². The number of aliphatic hydroxyl groups is 2. The molecule has 2 aliphatic carbocycles. The Hall–Kier alpha value is -3.03. The molecule has 4 rings (SSSR count). The van der Waals surface area contributed by atoms with Gasteiger partial charge >= 0.3 is 29.8 Å². The summed E-state index contributed by atoms with van der Waals surface area (Å²) < 4.78 is 35.1. The van der Waals surface area contributed by atoms with Crippen molar-refractivity contribution >= 4 is 29.8 Å². The number of carbonyl (C=O) groups is 5. The van der Waals surface area contributed by atoms with Gasteiger partial charge in [-0.1, -0.05) is 20.8 Å². The number of rotatable bonds is 6. The van der Waals surface area contributed by atoms with Crippen molar-refractivity contribution in [2.24, 2.45) is 17.3 Å². The molecule has 0 radical (unpaired) electrons. The first-order valence-corrected chi connectivity index (χ1v) is 14.6. The van der Waals surface area contributed by atoms with Gasteiger partial charge in [0, 0.05) is 44.9 Å². The highest BCUT2D eigenvalue weighted by Crippen LogP contribution is 2.65. The van der Waals surface area contributed by atoms with Gasteiger partial charge in [-0.25, -0.2) is 4.79 Å². The normalized spacial score (nSPS) is 44.7. The zero-order valence-corrected chi connectivity index (χ0v) is 25.8. The van der Waals surface area contributed by atoms with E-state index in [-0.39, 0.29) is 18.4 Å². The van der Waals surface area contributed by atoms with Gasteiger partial charge in [0.05, 0.1) is 6.10 Å². The lowest BCUT2D eigenvalue weighted by atomic mass is 9.52. The fraction of sp³-hybridized carbons (Fsp3) is 0.767. The molecule has 12 atom stereocenters. The largest absolute Gasteiger partial charge is 0.462 e. The molecule has 0 amide bonds. The van der Waals surface area contributed by atoms with Gasteiger partial charge in [-0.2, -0.15) is 0 Å². The molecule has 4 aliphatic rings. The number of ether oxygens (including phenoxy) is 6. The van der Waals surface area contributed by atoms with E-state index in [0.29, 0.717) is 6.42 Å². The van der Waals surface area contributed by atoms with Gasteiger partial charge in [0.2, 0.25) is 0 Å². The average Bonchev–Trinajstić information content (AvgIpc) is 3.48. The third kappa shape index (κ3) is 5.22. The van der Waals surface area contributed by atoms with Crippen molar-refractivity contribution in [2.45, 2.75) is 129 Å². The van der Waals surface area contributed by atoms with Gasteiger partial charge in [0.25, 0.3) is 0 Å². The van der Waals surface area contributed by atoms with E-state index in [0.717, 1.165) is 6.92 Å². The number of fused-ring (bicyclic) bond motifs is 1. The zero-order valence-electron chi connectivity index (χ0n) is 25.8. The van der Waals surface area contributed by atoms with Gasteiger partial charge in [-0.3, -0.25) is 19.2 Å². The van der Waals surface area contributed by atoms with Gasteiger partial charge in [0.15, 0.2) is 29.5 Å². The van der Waals surface area contributed by atoms with Crippen molar-refractivity contribution in [2.75, 3.05) is 0 Å². The number of esters is 5.